The van der Waals surface area contributed by atoms with Gasteiger partial charge in [-0.05, 0) is 32.0 Å². The number of nitrogens with two attached hydrogens (primary N) is 1. The molecule has 3 N–H and O–H groups in total. The zero-order valence-electron chi connectivity index (χ0n) is 15.0. The zero-order chi connectivity index (χ0) is 19.6. The van der Waals surface area contributed by atoms with Crippen molar-refractivity contribution >= 4 is 29.2 Å². The van der Waals surface area contributed by atoms with Crippen LogP contribution in [0, 0.1) is 13.8 Å². The molecular weight excluding hydrogens is 368 g/mol. The number of primary amides is 1. The van der Waals surface area contributed by atoms with E-state index >= 15 is 0 Å². The minimum atomic E-state index is -0.710. The van der Waals surface area contributed by atoms with Crippen LogP contribution in [0.15, 0.2) is 24.3 Å². The van der Waals surface area contributed by atoms with Gasteiger partial charge in [0.15, 0.2) is 5.69 Å². The molecule has 140 valence electrons. The van der Waals surface area contributed by atoms with E-state index in [-0.39, 0.29) is 12.3 Å². The Morgan fingerprint density at radius 2 is 2.07 bits per heavy atom. The van der Waals surface area contributed by atoms with Gasteiger partial charge in [0.05, 0.1) is 28.8 Å². The first kappa shape index (κ1) is 18.5. The summed E-state index contributed by atoms with van der Waals surface area (Å²) in [6, 6.07) is 6.71. The van der Waals surface area contributed by atoms with E-state index in [1.165, 1.54) is 4.68 Å². The Morgan fingerprint density at radius 3 is 2.74 bits per heavy atom. The predicted octanol–water partition coefficient (Wildman–Crippen LogP) is 1.82. The number of carbonyl (C=O) groups is 2. The molecule has 2 heterocycles. The summed E-state index contributed by atoms with van der Waals surface area (Å²) in [6.45, 7) is 3.86. The molecule has 9 nitrogen and oxygen atoms in total. The van der Waals surface area contributed by atoms with Gasteiger partial charge in [0, 0.05) is 12.6 Å². The first-order valence-corrected chi connectivity index (χ1v) is 8.75. The quantitative estimate of drug-likeness (QED) is 0.666. The van der Waals surface area contributed by atoms with Gasteiger partial charge in [-0.1, -0.05) is 6.07 Å². The normalized spacial score (nSPS) is 10.6. The molecule has 0 unspecified atom stereocenters. The maximum Gasteiger partial charge on any atom is 0.271 e. The lowest BCUT2D eigenvalue weighted by Gasteiger charge is -2.09. The van der Waals surface area contributed by atoms with Crippen LogP contribution in [0.25, 0.3) is 0 Å². The third-order valence-corrected chi connectivity index (χ3v) is 4.68. The summed E-state index contributed by atoms with van der Waals surface area (Å²) in [4.78, 5) is 24.2. The monoisotopic (exact) mass is 386 g/mol. The van der Waals surface area contributed by atoms with Gasteiger partial charge in [-0.25, -0.2) is 0 Å². The van der Waals surface area contributed by atoms with Crippen LogP contribution < -0.4 is 15.8 Å². The lowest BCUT2D eigenvalue weighted by molar-refractivity contribution is 0.0995. The summed E-state index contributed by atoms with van der Waals surface area (Å²) in [5.41, 5.74) is 8.22. The van der Waals surface area contributed by atoms with Crippen LogP contribution in [0.5, 0.6) is 5.75 Å². The minimum Gasteiger partial charge on any atom is -0.487 e. The molecular formula is C17H18N6O3S. The fourth-order valence-electron chi connectivity index (χ4n) is 2.38. The van der Waals surface area contributed by atoms with Gasteiger partial charge in [-0.2, -0.15) is 13.8 Å². The van der Waals surface area contributed by atoms with Crippen molar-refractivity contribution in [1.29, 1.82) is 0 Å². The number of nitrogens with zero attached hydrogens (tertiary/aromatic N) is 4. The Hall–Kier alpha value is -3.27. The number of benzene rings is 1. The van der Waals surface area contributed by atoms with Crippen molar-refractivity contribution in [2.24, 2.45) is 12.8 Å². The molecule has 10 heteroatoms. The molecule has 2 aromatic heterocycles. The van der Waals surface area contributed by atoms with Crippen LogP contribution in [-0.4, -0.2) is 30.3 Å². The molecule has 0 spiro atoms. The lowest BCUT2D eigenvalue weighted by atomic mass is 10.2. The van der Waals surface area contributed by atoms with E-state index in [1.54, 1.807) is 38.2 Å². The number of nitrogens with one attached hydrogen (secondary N) is 1. The molecule has 0 atom stereocenters. The highest BCUT2D eigenvalue weighted by Crippen LogP contribution is 2.21. The topological polar surface area (TPSA) is 125 Å². The van der Waals surface area contributed by atoms with E-state index in [0.29, 0.717) is 22.7 Å². The first-order valence-electron chi connectivity index (χ1n) is 8.02. The Bertz CT molecular complexity index is 1010. The van der Waals surface area contributed by atoms with Gasteiger partial charge in [-0.3, -0.25) is 14.3 Å². The van der Waals surface area contributed by atoms with Crippen molar-refractivity contribution in [2.75, 3.05) is 5.32 Å². The summed E-state index contributed by atoms with van der Waals surface area (Å²) in [5.74, 6) is -0.586. The van der Waals surface area contributed by atoms with Gasteiger partial charge < -0.3 is 15.8 Å². The summed E-state index contributed by atoms with van der Waals surface area (Å²) in [6.07, 6.45) is 0. The van der Waals surface area contributed by atoms with E-state index in [2.05, 4.69) is 19.2 Å². The molecule has 0 aliphatic rings. The smallest absolute Gasteiger partial charge is 0.271 e. The van der Waals surface area contributed by atoms with Gasteiger partial charge in [0.25, 0.3) is 11.8 Å². The summed E-state index contributed by atoms with van der Waals surface area (Å²) >= 11 is 1.13. The number of hydrogen-bond acceptors (Lipinski definition) is 7. The van der Waals surface area contributed by atoms with E-state index in [0.717, 1.165) is 23.1 Å². The number of hydrogen-bond donors (Lipinski definition) is 2. The Kier molecular flexibility index (Phi) is 5.17. The van der Waals surface area contributed by atoms with Gasteiger partial charge in [-0.15, -0.1) is 0 Å². The van der Waals surface area contributed by atoms with Gasteiger partial charge in [0.2, 0.25) is 0 Å². The molecule has 0 aliphatic heterocycles. The van der Waals surface area contributed by atoms with Crippen molar-refractivity contribution < 1.29 is 14.3 Å². The largest absolute Gasteiger partial charge is 0.487 e. The maximum absolute atomic E-state index is 12.6. The molecule has 0 radical (unpaired) electrons. The predicted molar refractivity (Wildman–Crippen MR) is 99.8 cm³/mol. The van der Waals surface area contributed by atoms with Gasteiger partial charge >= 0.3 is 0 Å². The second-order valence-corrected chi connectivity index (χ2v) is 6.39. The summed E-state index contributed by atoms with van der Waals surface area (Å²) in [5, 5.41) is 6.73. The van der Waals surface area contributed by atoms with Crippen molar-refractivity contribution in [3.63, 3.8) is 0 Å². The molecule has 0 bridgehead atoms. The number of anilines is 1. The Labute approximate surface area is 159 Å². The van der Waals surface area contributed by atoms with Crippen molar-refractivity contribution in [3.05, 3.63) is 52.6 Å². The SMILES string of the molecule is Cc1nsnc1COc1cccc(C(=O)Nc2c(C(N)=O)nn(C)c2C)c1. The molecule has 0 saturated carbocycles. The van der Waals surface area contributed by atoms with E-state index in [4.69, 9.17) is 10.5 Å². The van der Waals surface area contributed by atoms with Gasteiger partial charge in [0.1, 0.15) is 18.1 Å². The average molecular weight is 386 g/mol. The van der Waals surface area contributed by atoms with E-state index < -0.39 is 11.8 Å². The highest BCUT2D eigenvalue weighted by molar-refractivity contribution is 6.99. The standard InChI is InChI=1S/C17H18N6O3S/c1-9-13(22-27-21-9)8-26-12-6-4-5-11(7-12)17(25)19-14-10(2)23(3)20-15(14)16(18)24/h4-7H,8H2,1-3H3,(H2,18,24)(H,19,25). The molecule has 0 aliphatic carbocycles. The number of carbonyl (C=O) groups excluding carboxylic acids is 2. The number of aromatic nitrogens is 4. The van der Waals surface area contributed by atoms with E-state index in [9.17, 15) is 9.59 Å². The minimum absolute atomic E-state index is 0.0160. The molecule has 3 aromatic rings. The molecule has 0 fully saturated rings. The first-order chi connectivity index (χ1) is 12.9. The molecule has 1 aromatic carbocycles. The van der Waals surface area contributed by atoms with E-state index in [1.807, 2.05) is 6.92 Å². The van der Waals surface area contributed by atoms with Crippen molar-refractivity contribution in [1.82, 2.24) is 18.5 Å². The maximum atomic E-state index is 12.6. The fraction of sp³-hybridized carbons (Fsp3) is 0.235. The van der Waals surface area contributed by atoms with Crippen LogP contribution in [-0.2, 0) is 13.7 Å². The Balaban J connectivity index is 1.76. The summed E-state index contributed by atoms with van der Waals surface area (Å²) in [7, 11) is 1.67. The van der Waals surface area contributed by atoms with Crippen LogP contribution in [0.3, 0.4) is 0 Å². The van der Waals surface area contributed by atoms with Crippen LogP contribution >= 0.6 is 11.7 Å². The van der Waals surface area contributed by atoms with Crippen LogP contribution in [0.1, 0.15) is 37.9 Å². The zero-order valence-corrected chi connectivity index (χ0v) is 15.8. The van der Waals surface area contributed by atoms with Crippen LogP contribution in [0.2, 0.25) is 0 Å². The number of rotatable bonds is 6. The number of ether oxygens (including phenoxy) is 1. The highest BCUT2D eigenvalue weighted by Gasteiger charge is 2.20. The highest BCUT2D eigenvalue weighted by atomic mass is 32.1. The average Bonchev–Trinajstić information content (AvgIpc) is 3.18. The molecule has 0 saturated heterocycles. The second kappa shape index (κ2) is 7.54. The fourth-order valence-corrected chi connectivity index (χ4v) is 2.93. The van der Waals surface area contributed by atoms with Crippen molar-refractivity contribution in [2.45, 2.75) is 20.5 Å². The molecule has 27 heavy (non-hydrogen) atoms. The molecule has 2 amide bonds. The Morgan fingerprint density at radius 1 is 1.30 bits per heavy atom. The lowest BCUT2D eigenvalue weighted by Crippen LogP contribution is -2.18. The van der Waals surface area contributed by atoms with Crippen LogP contribution in [0.4, 0.5) is 5.69 Å². The van der Waals surface area contributed by atoms with Crippen molar-refractivity contribution in [3.8, 4) is 5.75 Å². The third kappa shape index (κ3) is 3.95. The third-order valence-electron chi connectivity index (χ3n) is 4.02. The number of aryl methyl sites for hydroxylation is 2. The summed E-state index contributed by atoms with van der Waals surface area (Å²) < 4.78 is 15.4. The second-order valence-electron chi connectivity index (χ2n) is 5.86. The molecule has 3 rings (SSSR count). The number of amides is 2.